The van der Waals surface area contributed by atoms with E-state index in [-0.39, 0.29) is 45.7 Å². The molecular weight excluding hydrogens is 503 g/mol. The Balaban J connectivity index is 1.27. The van der Waals surface area contributed by atoms with Gasteiger partial charge in [-0.3, -0.25) is 19.3 Å². The molecule has 2 saturated carbocycles. The quantitative estimate of drug-likeness (QED) is 0.363. The van der Waals surface area contributed by atoms with Gasteiger partial charge in [-0.2, -0.15) is 0 Å². The number of carbonyl (C=O) groups excluding carboxylic acids is 4. The van der Waals surface area contributed by atoms with Gasteiger partial charge in [0.15, 0.2) is 6.61 Å². The number of hydrogen-bond donors (Lipinski definition) is 1. The number of carbonyl (C=O) groups is 4. The first-order valence-corrected chi connectivity index (χ1v) is 12.0. The Morgan fingerprint density at radius 2 is 1.62 bits per heavy atom. The van der Waals surface area contributed by atoms with Gasteiger partial charge in [0.25, 0.3) is 5.91 Å². The van der Waals surface area contributed by atoms with E-state index < -0.39 is 30.3 Å². The second kappa shape index (κ2) is 8.87. The molecule has 3 amide bonds. The number of amides is 3. The van der Waals surface area contributed by atoms with Crippen molar-refractivity contribution in [1.82, 2.24) is 0 Å². The molecule has 176 valence electrons. The van der Waals surface area contributed by atoms with Gasteiger partial charge in [0.1, 0.15) is 0 Å². The van der Waals surface area contributed by atoms with E-state index in [0.717, 1.165) is 4.90 Å². The van der Waals surface area contributed by atoms with E-state index in [1.807, 2.05) is 0 Å². The van der Waals surface area contributed by atoms with E-state index in [1.165, 1.54) is 12.1 Å². The zero-order valence-electron chi connectivity index (χ0n) is 17.6. The molecule has 1 aliphatic heterocycles. The molecule has 1 heterocycles. The van der Waals surface area contributed by atoms with Crippen LogP contribution in [0, 0.1) is 23.7 Å². The van der Waals surface area contributed by atoms with E-state index >= 15 is 0 Å². The minimum atomic E-state index is -0.767. The van der Waals surface area contributed by atoms with Gasteiger partial charge in [-0.1, -0.05) is 29.8 Å². The molecule has 2 aromatic rings. The van der Waals surface area contributed by atoms with Crippen LogP contribution in [0.3, 0.4) is 0 Å². The van der Waals surface area contributed by atoms with Gasteiger partial charge in [-0.15, -0.1) is 23.2 Å². The molecule has 0 radical (unpaired) electrons. The van der Waals surface area contributed by atoms with E-state index in [0.29, 0.717) is 17.1 Å². The number of esters is 1. The zero-order valence-corrected chi connectivity index (χ0v) is 19.9. The Morgan fingerprint density at radius 1 is 0.971 bits per heavy atom. The lowest BCUT2D eigenvalue weighted by Crippen LogP contribution is -2.37. The van der Waals surface area contributed by atoms with Crippen molar-refractivity contribution in [3.63, 3.8) is 0 Å². The highest BCUT2D eigenvalue weighted by Crippen LogP contribution is 2.59. The molecule has 34 heavy (non-hydrogen) atoms. The third-order valence-corrected chi connectivity index (χ3v) is 8.46. The van der Waals surface area contributed by atoms with E-state index in [1.54, 1.807) is 36.4 Å². The van der Waals surface area contributed by atoms with Crippen molar-refractivity contribution >= 4 is 69.9 Å². The fraction of sp³-hybridized carbons (Fsp3) is 0.333. The predicted octanol–water partition coefficient (Wildman–Crippen LogP) is 4.11. The molecule has 0 spiro atoms. The maximum Gasteiger partial charge on any atom is 0.338 e. The molecule has 3 aliphatic rings. The standard InChI is InChI=1S/C24H19Cl3N2O5/c25-15-6-1-2-7-16(15)28-17(30)10-34-24(33)11-4-3-5-12(8-11)29-22(31)18-13-9-14(19(18)23(29)32)21(27)20(13)26/h1-8,13-14,18-21H,9-10H2,(H,28,30)/t13-,14-,18-,19+,20+,21+/m1/s1. The highest BCUT2D eigenvalue weighted by Gasteiger charge is 2.66. The average Bonchev–Trinajstić information content (AvgIpc) is 3.44. The summed E-state index contributed by atoms with van der Waals surface area (Å²) in [6, 6.07) is 12.7. The normalized spacial score (nSPS) is 29.3. The van der Waals surface area contributed by atoms with Crippen molar-refractivity contribution in [2.24, 2.45) is 23.7 Å². The Kier molecular flexibility index (Phi) is 6.04. The van der Waals surface area contributed by atoms with Crippen molar-refractivity contribution in [3.05, 3.63) is 59.1 Å². The number of para-hydroxylation sites is 1. The molecule has 1 N–H and O–H groups in total. The summed E-state index contributed by atoms with van der Waals surface area (Å²) in [6.45, 7) is -0.530. The number of imide groups is 1. The van der Waals surface area contributed by atoms with Gasteiger partial charge in [0.05, 0.1) is 44.6 Å². The summed E-state index contributed by atoms with van der Waals surface area (Å²) in [6.07, 6.45) is 0.672. The Morgan fingerprint density at radius 3 is 2.26 bits per heavy atom. The number of nitrogens with one attached hydrogen (secondary N) is 1. The lowest BCUT2D eigenvalue weighted by molar-refractivity contribution is -0.123. The van der Waals surface area contributed by atoms with Crippen molar-refractivity contribution in [2.75, 3.05) is 16.8 Å². The molecule has 0 unspecified atom stereocenters. The molecule has 6 atom stereocenters. The molecular formula is C24H19Cl3N2O5. The molecule has 2 aromatic carbocycles. The minimum absolute atomic E-state index is 0.106. The number of benzene rings is 2. The van der Waals surface area contributed by atoms with Crippen LogP contribution in [0.2, 0.25) is 5.02 Å². The Hall–Kier alpha value is -2.61. The fourth-order valence-electron chi connectivity index (χ4n) is 5.34. The highest BCUT2D eigenvalue weighted by atomic mass is 35.5. The van der Waals surface area contributed by atoms with Crippen LogP contribution in [0.5, 0.6) is 0 Å². The Bertz CT molecular complexity index is 1170. The van der Waals surface area contributed by atoms with Crippen molar-refractivity contribution in [3.8, 4) is 0 Å². The lowest BCUT2D eigenvalue weighted by atomic mass is 9.80. The zero-order chi connectivity index (χ0) is 24.1. The van der Waals surface area contributed by atoms with Gasteiger partial charge in [-0.05, 0) is 48.6 Å². The number of ether oxygens (including phenoxy) is 1. The minimum Gasteiger partial charge on any atom is -0.452 e. The summed E-state index contributed by atoms with van der Waals surface area (Å²) in [4.78, 5) is 52.1. The van der Waals surface area contributed by atoms with E-state index in [9.17, 15) is 19.2 Å². The van der Waals surface area contributed by atoms with Crippen LogP contribution < -0.4 is 10.2 Å². The van der Waals surface area contributed by atoms with Crippen LogP contribution in [-0.2, 0) is 19.1 Å². The number of fused-ring (bicyclic) bond motifs is 5. The largest absolute Gasteiger partial charge is 0.452 e. The van der Waals surface area contributed by atoms with Gasteiger partial charge in [0, 0.05) is 0 Å². The van der Waals surface area contributed by atoms with Crippen molar-refractivity contribution < 1.29 is 23.9 Å². The molecule has 3 fully saturated rings. The number of rotatable bonds is 5. The van der Waals surface area contributed by atoms with Crippen LogP contribution in [0.1, 0.15) is 16.8 Å². The average molecular weight is 522 g/mol. The molecule has 5 rings (SSSR count). The SMILES string of the molecule is O=C(COC(=O)c1cccc(N2C(=O)[C@@H]3[C@H]4C[C@@H]([C@H](Cl)[C@H]4Cl)[C@@H]3C2=O)c1)Nc1ccccc1Cl. The summed E-state index contributed by atoms with van der Waals surface area (Å²) in [7, 11) is 0. The summed E-state index contributed by atoms with van der Waals surface area (Å²) in [5.41, 5.74) is 0.779. The maximum absolute atomic E-state index is 13.2. The second-order valence-electron chi connectivity index (χ2n) is 8.67. The van der Waals surface area contributed by atoms with Crippen molar-refractivity contribution in [2.45, 2.75) is 17.2 Å². The third-order valence-electron chi connectivity index (χ3n) is 6.81. The summed E-state index contributed by atoms with van der Waals surface area (Å²) in [5.74, 6) is -3.20. The summed E-state index contributed by atoms with van der Waals surface area (Å²) >= 11 is 18.8. The summed E-state index contributed by atoms with van der Waals surface area (Å²) in [5, 5.41) is 2.23. The number of alkyl halides is 2. The topological polar surface area (TPSA) is 92.8 Å². The molecule has 10 heteroatoms. The van der Waals surface area contributed by atoms with Crippen LogP contribution in [-0.4, -0.2) is 41.1 Å². The molecule has 0 aromatic heterocycles. The number of hydrogen-bond acceptors (Lipinski definition) is 5. The number of halogens is 3. The predicted molar refractivity (Wildman–Crippen MR) is 127 cm³/mol. The number of anilines is 2. The van der Waals surface area contributed by atoms with Gasteiger partial charge in [-0.25, -0.2) is 4.79 Å². The van der Waals surface area contributed by atoms with Crippen LogP contribution in [0.25, 0.3) is 0 Å². The van der Waals surface area contributed by atoms with E-state index in [2.05, 4.69) is 5.32 Å². The smallest absolute Gasteiger partial charge is 0.338 e. The first kappa shape index (κ1) is 23.1. The van der Waals surface area contributed by atoms with E-state index in [4.69, 9.17) is 39.5 Å². The second-order valence-corrected chi connectivity index (χ2v) is 10.1. The lowest BCUT2D eigenvalue weighted by Gasteiger charge is -2.28. The fourth-order valence-corrected chi connectivity index (χ4v) is 6.41. The van der Waals surface area contributed by atoms with Gasteiger partial charge < -0.3 is 10.1 Å². The molecule has 7 nitrogen and oxygen atoms in total. The van der Waals surface area contributed by atoms with Crippen LogP contribution in [0.15, 0.2) is 48.5 Å². The first-order chi connectivity index (χ1) is 16.3. The maximum atomic E-state index is 13.2. The number of nitrogens with zero attached hydrogens (tertiary/aromatic N) is 1. The molecule has 1 saturated heterocycles. The monoisotopic (exact) mass is 520 g/mol. The van der Waals surface area contributed by atoms with Gasteiger partial charge >= 0.3 is 5.97 Å². The Labute approximate surface area is 210 Å². The molecule has 2 aliphatic carbocycles. The summed E-state index contributed by atoms with van der Waals surface area (Å²) < 4.78 is 5.10. The first-order valence-electron chi connectivity index (χ1n) is 10.8. The van der Waals surface area contributed by atoms with Gasteiger partial charge in [0.2, 0.25) is 11.8 Å². The van der Waals surface area contributed by atoms with Crippen molar-refractivity contribution in [1.29, 1.82) is 0 Å². The molecule has 2 bridgehead atoms. The van der Waals surface area contributed by atoms with Crippen LogP contribution >= 0.6 is 34.8 Å². The van der Waals surface area contributed by atoms with Crippen LogP contribution in [0.4, 0.5) is 11.4 Å². The highest BCUT2D eigenvalue weighted by molar-refractivity contribution is 6.34. The third kappa shape index (κ3) is 3.76.